The summed E-state index contributed by atoms with van der Waals surface area (Å²) in [6.07, 6.45) is 4.36. The Labute approximate surface area is 197 Å². The van der Waals surface area contributed by atoms with Crippen LogP contribution in [0, 0.1) is 20.8 Å². The minimum atomic E-state index is -0.0618. The Hall–Kier alpha value is -2.45. The number of hydrogen-bond donors (Lipinski definition) is 0. The van der Waals surface area contributed by atoms with E-state index in [0.717, 1.165) is 67.1 Å². The number of amides is 1. The van der Waals surface area contributed by atoms with E-state index in [4.69, 9.17) is 11.6 Å². The maximum Gasteiger partial charge on any atom is 0.276 e. The molecule has 0 saturated carbocycles. The Balaban J connectivity index is 1.70. The van der Waals surface area contributed by atoms with E-state index >= 15 is 0 Å². The van der Waals surface area contributed by atoms with Crippen molar-refractivity contribution in [2.45, 2.75) is 57.4 Å². The van der Waals surface area contributed by atoms with E-state index in [1.54, 1.807) is 4.68 Å². The van der Waals surface area contributed by atoms with Crippen LogP contribution in [0.3, 0.4) is 0 Å². The lowest BCUT2D eigenvalue weighted by atomic mass is 10.2. The van der Waals surface area contributed by atoms with Crippen LogP contribution in [-0.2, 0) is 5.75 Å². The molecule has 7 nitrogen and oxygen atoms in total. The van der Waals surface area contributed by atoms with E-state index in [9.17, 15) is 4.79 Å². The summed E-state index contributed by atoms with van der Waals surface area (Å²) >= 11 is 7.85. The number of likely N-dealkylation sites (tertiary alicyclic amines) is 1. The van der Waals surface area contributed by atoms with Crippen molar-refractivity contribution < 1.29 is 4.79 Å². The second-order valence-electron chi connectivity index (χ2n) is 8.16. The molecule has 168 valence electrons. The number of hydrogen-bond acceptors (Lipinski definition) is 6. The standard InChI is InChI=1S/C23H27ClN6OS/c1-15-8-9-18(13-19(15)24)30-20(14-32-23-25-16(2)12-17(3)26-23)21(27-28-30)22(31)29-10-6-4-5-7-11-29/h8-9,12-13H,4-7,10-11,14H2,1-3H3. The summed E-state index contributed by atoms with van der Waals surface area (Å²) in [5.41, 5.74) is 4.71. The van der Waals surface area contributed by atoms with Gasteiger partial charge in [0.05, 0.1) is 11.4 Å². The first-order valence-electron chi connectivity index (χ1n) is 10.9. The van der Waals surface area contributed by atoms with E-state index in [2.05, 4.69) is 20.3 Å². The number of nitrogens with zero attached hydrogens (tertiary/aromatic N) is 6. The smallest absolute Gasteiger partial charge is 0.276 e. The van der Waals surface area contributed by atoms with Crippen LogP contribution in [0.5, 0.6) is 0 Å². The number of rotatable bonds is 5. The number of thioether (sulfide) groups is 1. The highest BCUT2D eigenvalue weighted by Crippen LogP contribution is 2.27. The minimum Gasteiger partial charge on any atom is -0.337 e. The Morgan fingerprint density at radius 1 is 1.03 bits per heavy atom. The maximum absolute atomic E-state index is 13.4. The van der Waals surface area contributed by atoms with Gasteiger partial charge in [-0.15, -0.1) is 5.10 Å². The summed E-state index contributed by atoms with van der Waals surface area (Å²) < 4.78 is 1.71. The summed E-state index contributed by atoms with van der Waals surface area (Å²) in [4.78, 5) is 24.4. The third-order valence-corrected chi connectivity index (χ3v) is 6.82. The topological polar surface area (TPSA) is 76.8 Å². The van der Waals surface area contributed by atoms with E-state index in [1.165, 1.54) is 11.8 Å². The molecule has 1 aliphatic heterocycles. The summed E-state index contributed by atoms with van der Waals surface area (Å²) in [6, 6.07) is 7.68. The molecule has 0 aliphatic carbocycles. The molecule has 3 aromatic rings. The van der Waals surface area contributed by atoms with Crippen LogP contribution in [0.2, 0.25) is 5.02 Å². The largest absolute Gasteiger partial charge is 0.337 e. The van der Waals surface area contributed by atoms with Crippen LogP contribution in [0.15, 0.2) is 29.4 Å². The summed E-state index contributed by atoms with van der Waals surface area (Å²) in [6.45, 7) is 7.37. The highest BCUT2D eigenvalue weighted by Gasteiger charge is 2.26. The van der Waals surface area contributed by atoms with Gasteiger partial charge in [0.1, 0.15) is 0 Å². The summed E-state index contributed by atoms with van der Waals surface area (Å²) in [5, 5.41) is 9.99. The molecule has 1 fully saturated rings. The van der Waals surface area contributed by atoms with Gasteiger partial charge in [0.15, 0.2) is 10.9 Å². The minimum absolute atomic E-state index is 0.0618. The van der Waals surface area contributed by atoms with Crippen molar-refractivity contribution in [2.24, 2.45) is 0 Å². The molecule has 1 aliphatic rings. The third kappa shape index (κ3) is 5.13. The fourth-order valence-corrected chi connectivity index (χ4v) is 4.95. The van der Waals surface area contributed by atoms with Gasteiger partial charge in [-0.3, -0.25) is 4.79 Å². The van der Waals surface area contributed by atoms with E-state index in [1.807, 2.05) is 49.9 Å². The zero-order valence-electron chi connectivity index (χ0n) is 18.6. The molecule has 9 heteroatoms. The quantitative estimate of drug-likeness (QED) is 0.388. The van der Waals surface area contributed by atoms with Gasteiger partial charge in [-0.2, -0.15) is 0 Å². The fraction of sp³-hybridized carbons (Fsp3) is 0.435. The van der Waals surface area contributed by atoms with Crippen molar-refractivity contribution in [3.63, 3.8) is 0 Å². The molecule has 0 bridgehead atoms. The molecule has 0 spiro atoms. The second-order valence-corrected chi connectivity index (χ2v) is 9.51. The molecule has 0 unspecified atom stereocenters. The van der Waals surface area contributed by atoms with Crippen LogP contribution in [0.1, 0.15) is 58.8 Å². The lowest BCUT2D eigenvalue weighted by Gasteiger charge is -2.19. The maximum atomic E-state index is 13.4. The highest BCUT2D eigenvalue weighted by molar-refractivity contribution is 7.98. The Kier molecular flexibility index (Phi) is 7.10. The van der Waals surface area contributed by atoms with Crippen molar-refractivity contribution in [3.8, 4) is 5.69 Å². The number of aromatic nitrogens is 5. The number of benzene rings is 1. The molecule has 32 heavy (non-hydrogen) atoms. The van der Waals surface area contributed by atoms with Gasteiger partial charge in [0, 0.05) is 35.3 Å². The highest BCUT2D eigenvalue weighted by atomic mass is 35.5. The van der Waals surface area contributed by atoms with Gasteiger partial charge in [-0.25, -0.2) is 14.6 Å². The summed E-state index contributed by atoms with van der Waals surface area (Å²) in [5.74, 6) is 0.407. The van der Waals surface area contributed by atoms with Crippen molar-refractivity contribution >= 4 is 29.3 Å². The molecular weight excluding hydrogens is 444 g/mol. The van der Waals surface area contributed by atoms with Crippen LogP contribution >= 0.6 is 23.4 Å². The van der Waals surface area contributed by atoms with E-state index in [-0.39, 0.29) is 5.91 Å². The molecular formula is C23H27ClN6OS. The number of carbonyl (C=O) groups is 1. The molecule has 0 atom stereocenters. The predicted octanol–water partition coefficient (Wildman–Crippen LogP) is 4.94. The normalized spacial score (nSPS) is 14.4. The van der Waals surface area contributed by atoms with E-state index in [0.29, 0.717) is 21.6 Å². The van der Waals surface area contributed by atoms with Crippen LogP contribution in [0.4, 0.5) is 0 Å². The van der Waals surface area contributed by atoms with Gasteiger partial charge < -0.3 is 4.90 Å². The van der Waals surface area contributed by atoms with E-state index < -0.39 is 0 Å². The predicted molar refractivity (Wildman–Crippen MR) is 127 cm³/mol. The van der Waals surface area contributed by atoms with Crippen molar-refractivity contribution in [1.82, 2.24) is 29.9 Å². The van der Waals surface area contributed by atoms with Crippen LogP contribution in [0.25, 0.3) is 5.69 Å². The average molecular weight is 471 g/mol. The number of carbonyl (C=O) groups excluding carboxylic acids is 1. The Morgan fingerprint density at radius 3 is 2.38 bits per heavy atom. The van der Waals surface area contributed by atoms with Gasteiger partial charge in [-0.05, 0) is 57.4 Å². The first-order valence-corrected chi connectivity index (χ1v) is 12.2. The van der Waals surface area contributed by atoms with Gasteiger partial charge in [0.25, 0.3) is 5.91 Å². The fourth-order valence-electron chi connectivity index (χ4n) is 3.83. The summed E-state index contributed by atoms with van der Waals surface area (Å²) in [7, 11) is 0. The van der Waals surface area contributed by atoms with Crippen LogP contribution in [-0.4, -0.2) is 48.9 Å². The molecule has 3 heterocycles. The van der Waals surface area contributed by atoms with Crippen molar-refractivity contribution in [1.29, 1.82) is 0 Å². The Bertz CT molecular complexity index is 1100. The number of halogens is 1. The molecule has 2 aromatic heterocycles. The average Bonchev–Trinajstić information content (AvgIpc) is 2.98. The molecule has 1 saturated heterocycles. The first-order chi connectivity index (χ1) is 15.4. The lowest BCUT2D eigenvalue weighted by Crippen LogP contribution is -2.32. The number of aryl methyl sites for hydroxylation is 3. The van der Waals surface area contributed by atoms with Gasteiger partial charge >= 0.3 is 0 Å². The molecule has 1 amide bonds. The lowest BCUT2D eigenvalue weighted by molar-refractivity contribution is 0.0755. The SMILES string of the molecule is Cc1cc(C)nc(SCc2c(C(=O)N3CCCCCC3)nnn2-c2ccc(C)c(Cl)c2)n1. The molecule has 0 radical (unpaired) electrons. The van der Waals surface area contributed by atoms with Crippen molar-refractivity contribution in [2.75, 3.05) is 13.1 Å². The first kappa shape index (κ1) is 22.7. The third-order valence-electron chi connectivity index (χ3n) is 5.56. The van der Waals surface area contributed by atoms with Crippen molar-refractivity contribution in [3.05, 3.63) is 57.6 Å². The molecule has 4 rings (SSSR count). The second kappa shape index (κ2) is 10.0. The van der Waals surface area contributed by atoms with Gasteiger partial charge in [0.2, 0.25) is 0 Å². The Morgan fingerprint density at radius 2 is 1.72 bits per heavy atom. The molecule has 0 N–H and O–H groups in total. The zero-order valence-corrected chi connectivity index (χ0v) is 20.2. The van der Waals surface area contributed by atoms with Crippen LogP contribution < -0.4 is 0 Å². The monoisotopic (exact) mass is 470 g/mol. The zero-order chi connectivity index (χ0) is 22.7. The molecule has 1 aromatic carbocycles. The van der Waals surface area contributed by atoms with Gasteiger partial charge in [-0.1, -0.05) is 47.5 Å².